The molecule has 0 unspecified atom stereocenters. The molecule has 2 aliphatic heterocycles. The van der Waals surface area contributed by atoms with Crippen molar-refractivity contribution in [3.05, 3.63) is 59.4 Å². The van der Waals surface area contributed by atoms with Crippen LogP contribution in [0.5, 0.6) is 0 Å². The van der Waals surface area contributed by atoms with E-state index in [1.165, 1.54) is 18.4 Å². The molecule has 1 saturated heterocycles. The summed E-state index contributed by atoms with van der Waals surface area (Å²) < 4.78 is 2.03. The van der Waals surface area contributed by atoms with E-state index in [2.05, 4.69) is 40.4 Å². The van der Waals surface area contributed by atoms with Crippen LogP contribution in [0.3, 0.4) is 0 Å². The lowest BCUT2D eigenvalue weighted by molar-refractivity contribution is 0.0790. The molecule has 160 valence electrons. The van der Waals surface area contributed by atoms with Crippen molar-refractivity contribution in [1.29, 1.82) is 0 Å². The van der Waals surface area contributed by atoms with E-state index in [1.807, 2.05) is 23.9 Å². The number of piperidine rings is 1. The molecule has 2 aromatic rings. The Kier molecular flexibility index (Phi) is 6.53. The van der Waals surface area contributed by atoms with Gasteiger partial charge in [0.15, 0.2) is 0 Å². The Morgan fingerprint density at radius 1 is 1.03 bits per heavy atom. The first-order chi connectivity index (χ1) is 14.7. The van der Waals surface area contributed by atoms with Gasteiger partial charge in [-0.15, -0.1) is 0 Å². The number of unbranched alkanes of at least 4 members (excludes halogenated alkanes) is 1. The number of fused-ring (bicyclic) bond motifs is 1. The number of aromatic nitrogens is 1. The summed E-state index contributed by atoms with van der Waals surface area (Å²) in [6, 6.07) is 12.8. The van der Waals surface area contributed by atoms with Crippen LogP contribution in [0.25, 0.3) is 0 Å². The number of likely N-dealkylation sites (tertiary alicyclic amines) is 1. The predicted molar refractivity (Wildman–Crippen MR) is 118 cm³/mol. The second-order valence-electron chi connectivity index (χ2n) is 8.53. The molecule has 1 aromatic heterocycles. The van der Waals surface area contributed by atoms with E-state index in [0.717, 1.165) is 44.6 Å². The first kappa shape index (κ1) is 20.7. The molecule has 1 amide bonds. The zero-order valence-electron chi connectivity index (χ0n) is 17.8. The van der Waals surface area contributed by atoms with Gasteiger partial charge >= 0.3 is 0 Å². The van der Waals surface area contributed by atoms with Crippen molar-refractivity contribution in [3.63, 3.8) is 0 Å². The van der Waals surface area contributed by atoms with Crippen LogP contribution in [0.1, 0.15) is 59.6 Å². The fourth-order valence-electron chi connectivity index (χ4n) is 4.76. The highest BCUT2D eigenvalue weighted by Crippen LogP contribution is 2.28. The molecule has 0 bridgehead atoms. The number of nitrogens with zero attached hydrogens (tertiary/aromatic N) is 4. The number of carbonyl (C=O) groups is 1. The molecule has 1 fully saturated rings. The van der Waals surface area contributed by atoms with Gasteiger partial charge in [-0.2, -0.15) is 0 Å². The number of aryl methyl sites for hydroxylation is 1. The Morgan fingerprint density at radius 3 is 2.50 bits per heavy atom. The first-order valence-corrected chi connectivity index (χ1v) is 11.1. The van der Waals surface area contributed by atoms with E-state index in [0.29, 0.717) is 30.3 Å². The van der Waals surface area contributed by atoms with Gasteiger partial charge in [-0.1, -0.05) is 35.5 Å². The summed E-state index contributed by atoms with van der Waals surface area (Å²) in [5.41, 5.74) is 3.51. The van der Waals surface area contributed by atoms with Crippen LogP contribution in [-0.4, -0.2) is 64.4 Å². The average molecular weight is 409 g/mol. The highest BCUT2D eigenvalue weighted by Gasteiger charge is 2.27. The number of oxime groups is 1. The van der Waals surface area contributed by atoms with Crippen LogP contribution in [0, 0.1) is 0 Å². The van der Waals surface area contributed by atoms with Gasteiger partial charge in [0.25, 0.3) is 5.91 Å². The summed E-state index contributed by atoms with van der Waals surface area (Å²) in [6.45, 7) is 4.83. The van der Waals surface area contributed by atoms with Crippen molar-refractivity contribution in [2.24, 2.45) is 5.16 Å². The smallest absolute Gasteiger partial charge is 0.270 e. The molecule has 0 radical (unpaired) electrons. The van der Waals surface area contributed by atoms with Crippen molar-refractivity contribution in [2.45, 2.75) is 44.6 Å². The average Bonchev–Trinajstić information content (AvgIpc) is 3.16. The largest absolute Gasteiger partial charge is 0.411 e. The van der Waals surface area contributed by atoms with E-state index >= 15 is 0 Å². The number of benzene rings is 1. The van der Waals surface area contributed by atoms with Gasteiger partial charge in [0.05, 0.1) is 5.71 Å². The third-order valence-electron chi connectivity index (χ3n) is 6.61. The molecule has 0 saturated carbocycles. The normalized spacial score (nSPS) is 19.8. The van der Waals surface area contributed by atoms with Gasteiger partial charge in [-0.3, -0.25) is 4.79 Å². The summed E-state index contributed by atoms with van der Waals surface area (Å²) in [7, 11) is 1.81. The number of hydrogen-bond acceptors (Lipinski definition) is 4. The maximum Gasteiger partial charge on any atom is 0.270 e. The van der Waals surface area contributed by atoms with Crippen LogP contribution >= 0.6 is 0 Å². The van der Waals surface area contributed by atoms with Crippen molar-refractivity contribution in [3.8, 4) is 0 Å². The minimum absolute atomic E-state index is 0.0108. The molecule has 1 aromatic carbocycles. The highest BCUT2D eigenvalue weighted by atomic mass is 16.4. The molecule has 4 rings (SSSR count). The quantitative estimate of drug-likeness (QED) is 0.449. The Labute approximate surface area is 178 Å². The zero-order chi connectivity index (χ0) is 20.9. The van der Waals surface area contributed by atoms with Gasteiger partial charge in [-0.05, 0) is 62.9 Å². The van der Waals surface area contributed by atoms with E-state index < -0.39 is 0 Å². The van der Waals surface area contributed by atoms with Crippen LogP contribution in [0.15, 0.2) is 47.8 Å². The minimum Gasteiger partial charge on any atom is -0.411 e. The SMILES string of the molecule is CN1CCC(=NO)c2ccn(CCCCN3CCC(c4ccccc4)CC3)c2C1=O. The highest BCUT2D eigenvalue weighted by molar-refractivity contribution is 6.11. The molecule has 6 nitrogen and oxygen atoms in total. The monoisotopic (exact) mass is 408 g/mol. The van der Waals surface area contributed by atoms with Gasteiger partial charge in [-0.25, -0.2) is 0 Å². The second kappa shape index (κ2) is 9.47. The molecule has 0 atom stereocenters. The van der Waals surface area contributed by atoms with Crippen molar-refractivity contribution in [1.82, 2.24) is 14.4 Å². The van der Waals surface area contributed by atoms with Crippen molar-refractivity contribution >= 4 is 11.6 Å². The fraction of sp³-hybridized carbons (Fsp3) is 0.500. The zero-order valence-corrected chi connectivity index (χ0v) is 17.8. The molecule has 0 aliphatic carbocycles. The maximum absolute atomic E-state index is 12.8. The third-order valence-corrected chi connectivity index (χ3v) is 6.61. The predicted octanol–water partition coefficient (Wildman–Crippen LogP) is 3.80. The van der Waals surface area contributed by atoms with Crippen molar-refractivity contribution < 1.29 is 10.0 Å². The lowest BCUT2D eigenvalue weighted by atomic mass is 9.89. The first-order valence-electron chi connectivity index (χ1n) is 11.1. The van der Waals surface area contributed by atoms with Gasteiger partial charge in [0, 0.05) is 38.3 Å². The standard InChI is InChI=1S/C24H32N4O2/c1-26-15-12-22(25-30)21-11-18-28(23(21)24(26)29)14-6-5-13-27-16-9-20(10-17-27)19-7-3-2-4-8-19/h2-4,7-8,11,18,20,30H,5-6,9-10,12-17H2,1H3. The van der Waals surface area contributed by atoms with Gasteiger partial charge < -0.3 is 19.6 Å². The molecular formula is C24H32N4O2. The topological polar surface area (TPSA) is 61.1 Å². The second-order valence-corrected chi connectivity index (χ2v) is 8.53. The fourth-order valence-corrected chi connectivity index (χ4v) is 4.76. The Balaban J connectivity index is 1.27. The van der Waals surface area contributed by atoms with Crippen LogP contribution < -0.4 is 0 Å². The number of carbonyl (C=O) groups excluding carboxylic acids is 1. The molecule has 0 spiro atoms. The van der Waals surface area contributed by atoms with E-state index in [1.54, 1.807) is 4.90 Å². The van der Waals surface area contributed by atoms with Gasteiger partial charge in [0.2, 0.25) is 0 Å². The van der Waals surface area contributed by atoms with E-state index in [9.17, 15) is 10.0 Å². The van der Waals surface area contributed by atoms with Gasteiger partial charge in [0.1, 0.15) is 5.69 Å². The van der Waals surface area contributed by atoms with E-state index in [-0.39, 0.29) is 5.91 Å². The number of hydrogen-bond donors (Lipinski definition) is 1. The summed E-state index contributed by atoms with van der Waals surface area (Å²) in [6.07, 6.45) is 7.15. The number of rotatable bonds is 6. The molecular weight excluding hydrogens is 376 g/mol. The Hall–Kier alpha value is -2.60. The lowest BCUT2D eigenvalue weighted by Crippen LogP contribution is -2.33. The molecule has 6 heteroatoms. The lowest BCUT2D eigenvalue weighted by Gasteiger charge is -2.32. The van der Waals surface area contributed by atoms with Crippen molar-refractivity contribution in [2.75, 3.05) is 33.2 Å². The van der Waals surface area contributed by atoms with Crippen LogP contribution in [-0.2, 0) is 6.54 Å². The summed E-state index contributed by atoms with van der Waals surface area (Å²) in [5, 5.41) is 12.8. The maximum atomic E-state index is 12.8. The van der Waals surface area contributed by atoms with Crippen LogP contribution in [0.4, 0.5) is 0 Å². The summed E-state index contributed by atoms with van der Waals surface area (Å²) >= 11 is 0. The third kappa shape index (κ3) is 4.43. The Morgan fingerprint density at radius 2 is 1.77 bits per heavy atom. The molecule has 3 heterocycles. The molecule has 1 N–H and O–H groups in total. The van der Waals surface area contributed by atoms with E-state index in [4.69, 9.17) is 0 Å². The Bertz CT molecular complexity index is 882. The molecule has 2 aliphatic rings. The number of amides is 1. The molecule has 30 heavy (non-hydrogen) atoms. The van der Waals surface area contributed by atoms with Crippen LogP contribution in [0.2, 0.25) is 0 Å². The minimum atomic E-state index is 0.0108. The summed E-state index contributed by atoms with van der Waals surface area (Å²) in [4.78, 5) is 17.1. The summed E-state index contributed by atoms with van der Waals surface area (Å²) in [5.74, 6) is 0.708.